The number of benzene rings is 1. The van der Waals surface area contributed by atoms with Gasteiger partial charge in [-0.25, -0.2) is 0 Å². The lowest BCUT2D eigenvalue weighted by Gasteiger charge is -2.29. The zero-order valence-corrected chi connectivity index (χ0v) is 20.0. The third-order valence-corrected chi connectivity index (χ3v) is 5.19. The standard InChI is InChI=1S/C21H24N2O3S.C2H7N.C2H2/c1-21(2,12-15-8-10-27-13-15)23-18-17(19(25)20(18)26)22-9-4-6-14-5-3-7-16(24)11-14;1-3-2;1-2/h3,5,7-8,10-11,13,22-24H,4,6,9,12H2,1-2H3;3H,1-2H3;1-2H. The molecule has 0 unspecified atom stereocenters. The van der Waals surface area contributed by atoms with Crippen LogP contribution in [-0.4, -0.2) is 31.3 Å². The Labute approximate surface area is 194 Å². The third-order valence-electron chi connectivity index (χ3n) is 4.45. The number of phenols is 1. The van der Waals surface area contributed by atoms with Crippen LogP contribution in [0.1, 0.15) is 31.4 Å². The maximum atomic E-state index is 12.0. The molecule has 0 atom stereocenters. The van der Waals surface area contributed by atoms with Crippen LogP contribution in [0.5, 0.6) is 5.75 Å². The van der Waals surface area contributed by atoms with Crippen molar-refractivity contribution in [2.24, 2.45) is 0 Å². The topological polar surface area (TPSA) is 90.5 Å². The van der Waals surface area contributed by atoms with E-state index in [0.29, 0.717) is 17.9 Å². The maximum absolute atomic E-state index is 12.0. The number of anilines is 2. The lowest BCUT2D eigenvalue weighted by Crippen LogP contribution is -2.43. The second-order valence-electron chi connectivity index (χ2n) is 7.93. The predicted molar refractivity (Wildman–Crippen MR) is 137 cm³/mol. The summed E-state index contributed by atoms with van der Waals surface area (Å²) in [5.74, 6) is 0.252. The molecule has 3 aromatic rings. The summed E-state index contributed by atoms with van der Waals surface area (Å²) in [5.41, 5.74) is 1.77. The van der Waals surface area contributed by atoms with Gasteiger partial charge in [0.2, 0.25) is 0 Å². The van der Waals surface area contributed by atoms with Crippen LogP contribution in [-0.2, 0) is 12.8 Å². The highest BCUT2D eigenvalue weighted by molar-refractivity contribution is 7.07. The molecule has 7 heteroatoms. The second-order valence-corrected chi connectivity index (χ2v) is 8.71. The molecule has 0 spiro atoms. The van der Waals surface area contributed by atoms with Crippen LogP contribution in [0.3, 0.4) is 0 Å². The molecule has 0 aliphatic carbocycles. The van der Waals surface area contributed by atoms with Gasteiger partial charge in [-0.05, 0) is 87.3 Å². The smallest absolute Gasteiger partial charge is 0.253 e. The van der Waals surface area contributed by atoms with Gasteiger partial charge in [0.05, 0.1) is 0 Å². The predicted octanol–water partition coefficient (Wildman–Crippen LogP) is 3.61. The van der Waals surface area contributed by atoms with E-state index >= 15 is 0 Å². The molecule has 6 nitrogen and oxygen atoms in total. The fraction of sp³-hybridized carbons (Fsp3) is 0.360. The highest BCUT2D eigenvalue weighted by atomic mass is 32.1. The monoisotopic (exact) mass is 455 g/mol. The molecule has 2 aromatic carbocycles. The molecule has 1 aromatic heterocycles. The number of thiophene rings is 1. The molecule has 0 bridgehead atoms. The van der Waals surface area contributed by atoms with Gasteiger partial charge in [0, 0.05) is 12.1 Å². The molecule has 0 radical (unpaired) electrons. The third kappa shape index (κ3) is 8.22. The summed E-state index contributed by atoms with van der Waals surface area (Å²) in [4.78, 5) is 24.0. The van der Waals surface area contributed by atoms with E-state index in [-0.39, 0.29) is 11.3 Å². The van der Waals surface area contributed by atoms with Gasteiger partial charge in [-0.3, -0.25) is 9.59 Å². The van der Waals surface area contributed by atoms with Gasteiger partial charge >= 0.3 is 0 Å². The van der Waals surface area contributed by atoms with Crippen LogP contribution in [0.15, 0.2) is 50.7 Å². The molecule has 0 aliphatic heterocycles. The Morgan fingerprint density at radius 2 is 1.69 bits per heavy atom. The van der Waals surface area contributed by atoms with E-state index in [9.17, 15) is 14.7 Å². The van der Waals surface area contributed by atoms with Crippen LogP contribution in [0.4, 0.5) is 11.4 Å². The van der Waals surface area contributed by atoms with Crippen LogP contribution >= 0.6 is 11.3 Å². The van der Waals surface area contributed by atoms with Crippen LogP contribution in [0.25, 0.3) is 0 Å². The van der Waals surface area contributed by atoms with Crippen LogP contribution in [0, 0.1) is 12.8 Å². The minimum absolute atomic E-state index is 0.252. The number of aryl methyl sites for hydroxylation is 1. The molecule has 0 amide bonds. The van der Waals surface area contributed by atoms with Gasteiger partial charge in [-0.1, -0.05) is 12.1 Å². The molecular formula is C25H33N3O3S. The highest BCUT2D eigenvalue weighted by Crippen LogP contribution is 2.23. The van der Waals surface area contributed by atoms with E-state index in [1.807, 2.05) is 45.5 Å². The second kappa shape index (κ2) is 13.4. The Morgan fingerprint density at radius 3 is 2.28 bits per heavy atom. The zero-order valence-electron chi connectivity index (χ0n) is 19.2. The molecule has 3 rings (SSSR count). The average Bonchev–Trinajstić information content (AvgIpc) is 3.26. The summed E-state index contributed by atoms with van der Waals surface area (Å²) in [6.07, 6.45) is 10.3. The van der Waals surface area contributed by atoms with Gasteiger partial charge in [-0.15, -0.1) is 12.8 Å². The van der Waals surface area contributed by atoms with Gasteiger partial charge in [0.25, 0.3) is 10.9 Å². The lowest BCUT2D eigenvalue weighted by molar-refractivity contribution is 0.474. The van der Waals surface area contributed by atoms with Crippen molar-refractivity contribution in [2.45, 2.75) is 38.6 Å². The Morgan fingerprint density at radius 1 is 1.03 bits per heavy atom. The summed E-state index contributed by atoms with van der Waals surface area (Å²) in [5, 5.41) is 22.7. The number of terminal acetylenes is 1. The van der Waals surface area contributed by atoms with Gasteiger partial charge in [-0.2, -0.15) is 11.3 Å². The first-order chi connectivity index (χ1) is 15.3. The van der Waals surface area contributed by atoms with Crippen molar-refractivity contribution in [3.8, 4) is 18.6 Å². The van der Waals surface area contributed by atoms with Crippen molar-refractivity contribution < 1.29 is 5.11 Å². The van der Waals surface area contributed by atoms with Crippen molar-refractivity contribution in [3.63, 3.8) is 0 Å². The van der Waals surface area contributed by atoms with Gasteiger partial charge in [0.1, 0.15) is 17.1 Å². The molecule has 1 heterocycles. The Kier molecular flexibility index (Phi) is 11.3. The maximum Gasteiger partial charge on any atom is 0.253 e. The van der Waals surface area contributed by atoms with E-state index in [1.54, 1.807) is 23.5 Å². The van der Waals surface area contributed by atoms with Gasteiger partial charge in [0.15, 0.2) is 0 Å². The minimum Gasteiger partial charge on any atom is -0.508 e. The Hall–Kier alpha value is -3.08. The average molecular weight is 456 g/mol. The first kappa shape index (κ1) is 27.0. The summed E-state index contributed by atoms with van der Waals surface area (Å²) >= 11 is 1.64. The fourth-order valence-electron chi connectivity index (χ4n) is 3.18. The molecule has 32 heavy (non-hydrogen) atoms. The Bertz CT molecular complexity index is 1030. The number of nitrogens with one attached hydrogen (secondary N) is 3. The van der Waals surface area contributed by atoms with Crippen molar-refractivity contribution in [1.29, 1.82) is 0 Å². The summed E-state index contributed by atoms with van der Waals surface area (Å²) in [6, 6.07) is 9.21. The molecule has 0 saturated heterocycles. The van der Waals surface area contributed by atoms with Gasteiger partial charge < -0.3 is 21.1 Å². The first-order valence-corrected chi connectivity index (χ1v) is 11.3. The molecular weight excluding hydrogens is 422 g/mol. The van der Waals surface area contributed by atoms with E-state index in [0.717, 1.165) is 24.8 Å². The first-order valence-electron chi connectivity index (χ1n) is 10.3. The molecule has 172 valence electrons. The fourth-order valence-corrected chi connectivity index (χ4v) is 3.85. The van der Waals surface area contributed by atoms with Crippen molar-refractivity contribution in [3.05, 3.63) is 72.7 Å². The van der Waals surface area contributed by atoms with Crippen LogP contribution in [0.2, 0.25) is 0 Å². The minimum atomic E-state index is -0.457. The van der Waals surface area contributed by atoms with Crippen molar-refractivity contribution in [1.82, 2.24) is 5.32 Å². The van der Waals surface area contributed by atoms with E-state index in [1.165, 1.54) is 5.56 Å². The number of rotatable bonds is 9. The summed E-state index contributed by atoms with van der Waals surface area (Å²) < 4.78 is 0. The summed E-state index contributed by atoms with van der Waals surface area (Å²) in [6.45, 7) is 4.63. The molecule has 0 aliphatic rings. The van der Waals surface area contributed by atoms with E-state index in [4.69, 9.17) is 0 Å². The zero-order chi connectivity index (χ0) is 24.1. The molecule has 0 fully saturated rings. The summed E-state index contributed by atoms with van der Waals surface area (Å²) in [7, 11) is 3.75. The van der Waals surface area contributed by atoms with E-state index < -0.39 is 10.9 Å². The largest absolute Gasteiger partial charge is 0.508 e. The number of aromatic hydroxyl groups is 1. The van der Waals surface area contributed by atoms with Crippen molar-refractivity contribution in [2.75, 3.05) is 31.3 Å². The Balaban J connectivity index is 0.000000944. The SMILES string of the molecule is C#C.CC(C)(Cc1ccsc1)Nc1c(NCCCc2cccc(O)c2)c(=O)c1=O.CNC. The molecule has 4 N–H and O–H groups in total. The van der Waals surface area contributed by atoms with Crippen LogP contribution < -0.4 is 26.8 Å². The van der Waals surface area contributed by atoms with Crippen molar-refractivity contribution >= 4 is 22.7 Å². The molecule has 0 saturated carbocycles. The normalized spacial score (nSPS) is 10.4. The number of phenolic OH excluding ortho intramolecular Hbond substituents is 1. The lowest BCUT2D eigenvalue weighted by atomic mass is 9.95. The number of hydrogen-bond donors (Lipinski definition) is 4. The highest BCUT2D eigenvalue weighted by Gasteiger charge is 2.27. The van der Waals surface area contributed by atoms with E-state index in [2.05, 4.69) is 40.2 Å². The number of hydrogen-bond acceptors (Lipinski definition) is 7. The quantitative estimate of drug-likeness (QED) is 0.224.